The van der Waals surface area contributed by atoms with Crippen LogP contribution >= 0.6 is 12.4 Å². The summed E-state index contributed by atoms with van der Waals surface area (Å²) >= 11 is 0.500. The van der Waals surface area contributed by atoms with E-state index in [9.17, 15) is 0 Å². The Hall–Kier alpha value is -1.30. The first-order chi connectivity index (χ1) is 9.36. The van der Waals surface area contributed by atoms with Crippen LogP contribution in [0.1, 0.15) is 0 Å². The topological polar surface area (TPSA) is 86.0 Å². The van der Waals surface area contributed by atoms with Crippen LogP contribution in [0.5, 0.6) is 0 Å². The second-order valence-corrected chi connectivity index (χ2v) is 5.49. The van der Waals surface area contributed by atoms with Crippen molar-refractivity contribution in [1.29, 1.82) is 0 Å². The minimum atomic E-state index is -0.0382. The maximum Gasteiger partial charge on any atom is 0.317 e. The van der Waals surface area contributed by atoms with Crippen LogP contribution in [0.3, 0.4) is 0 Å². The molecule has 0 aliphatic heterocycles. The van der Waals surface area contributed by atoms with Gasteiger partial charge in [0.1, 0.15) is 0 Å². The molecule has 0 unspecified atom stereocenters. The smallest absolute Gasteiger partial charge is 0.286 e. The van der Waals surface area contributed by atoms with E-state index in [1.54, 1.807) is 18.6 Å². The molecule has 0 saturated heterocycles. The predicted octanol–water partition coefficient (Wildman–Crippen LogP) is -0.0410. The summed E-state index contributed by atoms with van der Waals surface area (Å²) in [5.41, 5.74) is 2.71. The first-order valence-electron chi connectivity index (χ1n) is 5.94. The zero-order valence-electron chi connectivity index (χ0n) is 11.3. The Balaban J connectivity index is 0.000000462. The first kappa shape index (κ1) is 16.8. The van der Waals surface area contributed by atoms with E-state index < -0.39 is 0 Å². The van der Waals surface area contributed by atoms with E-state index in [2.05, 4.69) is 41.0 Å². The molecule has 0 spiro atoms. The van der Waals surface area contributed by atoms with Crippen LogP contribution in [0.4, 0.5) is 0 Å². The molecule has 0 amide bonds. The normalized spacial score (nSPS) is 9.10. The minimum absolute atomic E-state index is 0. The van der Waals surface area contributed by atoms with E-state index in [4.69, 9.17) is 0 Å². The van der Waals surface area contributed by atoms with Crippen LogP contribution in [0, 0.1) is 0 Å². The molecule has 3 aromatic rings. The Kier molecular flexibility index (Phi) is 7.36. The molecule has 3 aromatic heterocycles. The van der Waals surface area contributed by atoms with Crippen molar-refractivity contribution < 1.29 is 19.2 Å². The summed E-state index contributed by atoms with van der Waals surface area (Å²) in [5, 5.41) is 25.5. The molecule has 0 fully saturated rings. The van der Waals surface area contributed by atoms with Crippen molar-refractivity contribution >= 4 is 35.9 Å². The zero-order chi connectivity index (χ0) is 13.5. The van der Waals surface area contributed by atoms with E-state index in [0.717, 1.165) is 16.8 Å². The Morgan fingerprint density at radius 3 is 1.30 bits per heavy atom. The molecule has 9 heteroatoms. The van der Waals surface area contributed by atoms with Crippen molar-refractivity contribution in [2.45, 2.75) is 10.5 Å². The molecule has 0 radical (unpaired) electrons. The Morgan fingerprint density at radius 1 is 0.800 bits per heavy atom. The van der Waals surface area contributed by atoms with Crippen molar-refractivity contribution in [3.63, 3.8) is 0 Å². The molecule has 3 heterocycles. The van der Waals surface area contributed by atoms with Gasteiger partial charge < -0.3 is 0 Å². The van der Waals surface area contributed by atoms with Gasteiger partial charge in [-0.05, 0) is 18.2 Å². The van der Waals surface area contributed by atoms with Gasteiger partial charge in [-0.1, -0.05) is 0 Å². The Morgan fingerprint density at radius 2 is 1.10 bits per heavy atom. The number of halogens is 1. The van der Waals surface area contributed by atoms with Crippen LogP contribution in [-0.2, 0) is 19.2 Å². The van der Waals surface area contributed by atoms with E-state index in [-0.39, 0.29) is 19.1 Å². The van der Waals surface area contributed by atoms with Crippen molar-refractivity contribution in [3.05, 3.63) is 36.8 Å². The molecule has 3 rings (SSSR count). The molecule has 104 valence electrons. The molecule has 0 atom stereocenters. The first-order valence-corrected chi connectivity index (χ1v) is 9.06. The maximum atomic E-state index is 4.20. The summed E-state index contributed by atoms with van der Waals surface area (Å²) < 4.78 is 0. The van der Waals surface area contributed by atoms with Crippen LogP contribution in [-0.4, -0.2) is 37.3 Å². The Labute approximate surface area is 132 Å². The molecule has 0 aromatic carbocycles. The van der Waals surface area contributed by atoms with E-state index in [0.29, 0.717) is 19.2 Å². The van der Waals surface area contributed by atoms with Crippen molar-refractivity contribution in [2.24, 2.45) is 0 Å². The molecular weight excluding hydrogens is 310 g/mol. The van der Waals surface area contributed by atoms with Gasteiger partial charge in [0.05, 0.1) is 0 Å². The Bertz CT molecular complexity index is 472. The molecule has 3 N–H and O–H groups in total. The molecule has 0 saturated carbocycles. The standard InChI is InChI=1S/C9H9BN6.2CH3.ClH.Ti/c1-4-11-14-7(1)10(8-2-5-12-15-8)9-3-6-13-16-9;;;;/h1-6H,(H,11,14)(H,12,15)(H,13,16);2*1H3;1H;. The monoisotopic (exact) mass is 326 g/mol. The molecular formula is C11H16BClN6Ti. The average molecular weight is 326 g/mol. The third kappa shape index (κ3) is 4.10. The van der Waals surface area contributed by atoms with Gasteiger partial charge in [0.15, 0.2) is 0 Å². The van der Waals surface area contributed by atoms with Gasteiger partial charge in [0.25, 0.3) is 0 Å². The maximum absolute atomic E-state index is 4.20. The number of hydrogen-bond acceptors (Lipinski definition) is 3. The van der Waals surface area contributed by atoms with E-state index in [1.165, 1.54) is 0 Å². The summed E-state index contributed by atoms with van der Waals surface area (Å²) in [7, 11) is 0. The van der Waals surface area contributed by atoms with E-state index >= 15 is 0 Å². The molecule has 20 heavy (non-hydrogen) atoms. The number of aromatic nitrogens is 6. The molecule has 0 bridgehead atoms. The second-order valence-electron chi connectivity index (χ2n) is 3.93. The van der Waals surface area contributed by atoms with Crippen LogP contribution < -0.4 is 16.8 Å². The average Bonchev–Trinajstić information content (AvgIpc) is 3.15. The largest absolute Gasteiger partial charge is 0.317 e. The van der Waals surface area contributed by atoms with Gasteiger partial charge in [-0.15, -0.1) is 12.4 Å². The zero-order valence-corrected chi connectivity index (χ0v) is 13.7. The van der Waals surface area contributed by atoms with E-state index in [1.807, 2.05) is 18.2 Å². The molecule has 0 aliphatic rings. The van der Waals surface area contributed by atoms with Crippen molar-refractivity contribution in [3.8, 4) is 0 Å². The van der Waals surface area contributed by atoms with Crippen LogP contribution in [0.25, 0.3) is 0 Å². The molecule has 0 aliphatic carbocycles. The van der Waals surface area contributed by atoms with Gasteiger partial charge >= 0.3 is 36.3 Å². The summed E-state index contributed by atoms with van der Waals surface area (Å²) in [6.45, 7) is -0.0382. The SMILES string of the molecule is Cl.[CH3][Ti][CH3].c1cc(B(c2cc[nH]n2)c2cc[nH]n2)n[nH]1. The van der Waals surface area contributed by atoms with Crippen LogP contribution in [0.15, 0.2) is 36.8 Å². The minimum Gasteiger partial charge on any atom is -0.286 e. The summed E-state index contributed by atoms with van der Waals surface area (Å²) in [4.78, 5) is 0. The number of nitrogens with zero attached hydrogens (tertiary/aromatic N) is 3. The summed E-state index contributed by atoms with van der Waals surface area (Å²) in [6.07, 6.45) is 5.38. The third-order valence-electron chi connectivity index (χ3n) is 2.45. The third-order valence-corrected chi connectivity index (χ3v) is 2.45. The summed E-state index contributed by atoms with van der Waals surface area (Å²) in [6, 6.07) is 5.77. The van der Waals surface area contributed by atoms with Gasteiger partial charge in [-0.2, -0.15) is 15.3 Å². The number of nitrogens with one attached hydrogen (secondary N) is 3. The predicted molar refractivity (Wildman–Crippen MR) is 79.4 cm³/mol. The van der Waals surface area contributed by atoms with Gasteiger partial charge in [-0.3, -0.25) is 15.3 Å². The van der Waals surface area contributed by atoms with Crippen LogP contribution in [0.2, 0.25) is 10.5 Å². The quantitative estimate of drug-likeness (QED) is 0.590. The fourth-order valence-electron chi connectivity index (χ4n) is 1.75. The second kappa shape index (κ2) is 8.79. The molecule has 6 nitrogen and oxygen atoms in total. The van der Waals surface area contributed by atoms with Crippen molar-refractivity contribution in [2.75, 3.05) is 0 Å². The van der Waals surface area contributed by atoms with Gasteiger partial charge in [0, 0.05) is 35.4 Å². The fourth-order valence-corrected chi connectivity index (χ4v) is 1.75. The van der Waals surface area contributed by atoms with Gasteiger partial charge in [-0.25, -0.2) is 0 Å². The number of aromatic amines is 3. The number of H-pyrrole nitrogens is 3. The fraction of sp³-hybridized carbons (Fsp3) is 0.182. The number of hydrogen-bond donors (Lipinski definition) is 3. The van der Waals surface area contributed by atoms with Gasteiger partial charge in [0.2, 0.25) is 0 Å². The van der Waals surface area contributed by atoms with Crippen molar-refractivity contribution in [1.82, 2.24) is 30.6 Å². The summed E-state index contributed by atoms with van der Waals surface area (Å²) in [5.74, 6) is 0. The number of rotatable bonds is 3.